The number of benzene rings is 8. The Hall–Kier alpha value is -6.12. The Morgan fingerprint density at radius 3 is 1.80 bits per heavy atom. The average molecular weight is 627 g/mol. The molecule has 0 bridgehead atoms. The third-order valence-corrected chi connectivity index (χ3v) is 10.7. The highest BCUT2D eigenvalue weighted by atomic mass is 15.1. The summed E-state index contributed by atoms with van der Waals surface area (Å²) in [5.41, 5.74) is 12.3. The molecule has 0 saturated heterocycles. The van der Waals surface area contributed by atoms with Crippen LogP contribution in [0.1, 0.15) is 25.0 Å². The van der Waals surface area contributed by atoms with Crippen molar-refractivity contribution in [2.45, 2.75) is 19.3 Å². The Morgan fingerprint density at radius 1 is 0.408 bits per heavy atom. The first-order valence-corrected chi connectivity index (χ1v) is 17.1. The van der Waals surface area contributed by atoms with Crippen molar-refractivity contribution < 1.29 is 0 Å². The van der Waals surface area contributed by atoms with E-state index in [-0.39, 0.29) is 5.41 Å². The molecule has 1 aliphatic rings. The lowest BCUT2D eigenvalue weighted by Crippen LogP contribution is -2.17. The minimum Gasteiger partial charge on any atom is -0.310 e. The van der Waals surface area contributed by atoms with Gasteiger partial charge in [0.1, 0.15) is 0 Å². The van der Waals surface area contributed by atoms with Crippen molar-refractivity contribution in [3.8, 4) is 16.8 Å². The van der Waals surface area contributed by atoms with Crippen LogP contribution in [-0.2, 0) is 5.41 Å². The zero-order chi connectivity index (χ0) is 32.7. The van der Waals surface area contributed by atoms with Gasteiger partial charge in [-0.2, -0.15) is 0 Å². The fourth-order valence-electron chi connectivity index (χ4n) is 8.27. The van der Waals surface area contributed by atoms with Crippen LogP contribution >= 0.6 is 0 Å². The number of para-hydroxylation sites is 2. The Labute approximate surface area is 286 Å². The van der Waals surface area contributed by atoms with Gasteiger partial charge in [0.2, 0.25) is 0 Å². The van der Waals surface area contributed by atoms with Gasteiger partial charge in [0.25, 0.3) is 0 Å². The maximum atomic E-state index is 2.46. The van der Waals surface area contributed by atoms with E-state index >= 15 is 0 Å². The highest BCUT2D eigenvalue weighted by Gasteiger charge is 2.36. The van der Waals surface area contributed by atoms with E-state index in [0.29, 0.717) is 0 Å². The number of nitrogens with zero attached hydrogens (tertiary/aromatic N) is 2. The van der Waals surface area contributed by atoms with E-state index in [9.17, 15) is 0 Å². The molecule has 0 unspecified atom stereocenters. The van der Waals surface area contributed by atoms with Gasteiger partial charge in [-0.05, 0) is 111 Å². The summed E-state index contributed by atoms with van der Waals surface area (Å²) < 4.78 is 2.46. The molecule has 1 aliphatic carbocycles. The molecular formula is C47H34N2. The molecule has 0 amide bonds. The van der Waals surface area contributed by atoms with Gasteiger partial charge in [0, 0.05) is 38.9 Å². The summed E-state index contributed by atoms with van der Waals surface area (Å²) in [6, 6.07) is 62.4. The molecule has 0 aliphatic heterocycles. The summed E-state index contributed by atoms with van der Waals surface area (Å²) in [6.45, 7) is 4.76. The van der Waals surface area contributed by atoms with E-state index < -0.39 is 0 Å². The third-order valence-electron chi connectivity index (χ3n) is 10.7. The van der Waals surface area contributed by atoms with Crippen LogP contribution in [0.15, 0.2) is 170 Å². The van der Waals surface area contributed by atoms with Crippen LogP contribution in [0.4, 0.5) is 17.1 Å². The number of hydrogen-bond acceptors (Lipinski definition) is 1. The van der Waals surface area contributed by atoms with E-state index in [0.717, 1.165) is 17.1 Å². The lowest BCUT2D eigenvalue weighted by atomic mass is 9.82. The van der Waals surface area contributed by atoms with E-state index in [4.69, 9.17) is 0 Å². The Kier molecular flexibility index (Phi) is 5.95. The molecule has 2 nitrogen and oxygen atoms in total. The van der Waals surface area contributed by atoms with Crippen LogP contribution in [0, 0.1) is 0 Å². The molecule has 10 rings (SSSR count). The first-order chi connectivity index (χ1) is 24.0. The second kappa shape index (κ2) is 10.4. The summed E-state index contributed by atoms with van der Waals surface area (Å²) in [7, 11) is 0. The quantitative estimate of drug-likeness (QED) is 0.189. The fraction of sp³-hybridized carbons (Fsp3) is 0.0638. The largest absolute Gasteiger partial charge is 0.310 e. The van der Waals surface area contributed by atoms with Crippen LogP contribution in [0.3, 0.4) is 0 Å². The molecule has 1 aromatic heterocycles. The minimum absolute atomic E-state index is 0.187. The van der Waals surface area contributed by atoms with Crippen LogP contribution in [0.2, 0.25) is 0 Å². The number of anilines is 3. The molecule has 49 heavy (non-hydrogen) atoms. The van der Waals surface area contributed by atoms with Gasteiger partial charge >= 0.3 is 0 Å². The molecule has 2 heteroatoms. The number of hydrogen-bond donors (Lipinski definition) is 0. The maximum Gasteiger partial charge on any atom is 0.0547 e. The zero-order valence-electron chi connectivity index (χ0n) is 27.6. The summed E-state index contributed by atoms with van der Waals surface area (Å²) in [5, 5.41) is 7.59. The molecule has 0 spiro atoms. The van der Waals surface area contributed by atoms with Crippen molar-refractivity contribution >= 4 is 60.4 Å². The predicted octanol–water partition coefficient (Wildman–Crippen LogP) is 12.9. The van der Waals surface area contributed by atoms with Crippen LogP contribution < -0.4 is 4.90 Å². The van der Waals surface area contributed by atoms with E-state index in [1.807, 2.05) is 0 Å². The molecule has 0 atom stereocenters. The van der Waals surface area contributed by atoms with Crippen molar-refractivity contribution in [1.29, 1.82) is 0 Å². The predicted molar refractivity (Wildman–Crippen MR) is 208 cm³/mol. The number of aromatic nitrogens is 1. The lowest BCUT2D eigenvalue weighted by Gasteiger charge is -2.28. The lowest BCUT2D eigenvalue weighted by molar-refractivity contribution is 0.660. The third kappa shape index (κ3) is 4.20. The Morgan fingerprint density at radius 2 is 1.00 bits per heavy atom. The minimum atomic E-state index is -0.187. The molecule has 0 N–H and O–H groups in total. The maximum absolute atomic E-state index is 2.46. The molecule has 1 heterocycles. The van der Waals surface area contributed by atoms with Crippen molar-refractivity contribution in [2.75, 3.05) is 4.90 Å². The van der Waals surface area contributed by atoms with Crippen LogP contribution in [0.5, 0.6) is 0 Å². The molecule has 0 radical (unpaired) electrons. The zero-order valence-corrected chi connectivity index (χ0v) is 27.6. The molecule has 232 valence electrons. The number of rotatable bonds is 4. The van der Waals surface area contributed by atoms with Gasteiger partial charge in [0.15, 0.2) is 0 Å². The topological polar surface area (TPSA) is 8.17 Å². The summed E-state index contributed by atoms with van der Waals surface area (Å²) in [5.74, 6) is 0. The van der Waals surface area contributed by atoms with Crippen LogP contribution in [0.25, 0.3) is 60.2 Å². The SMILES string of the molecule is CC1(C)c2cc(N(c3ccccc3)c3ccc4ccccc4c3)ccc2-c2ccc(-n3c4ccccc4c4cc5ccccc5cc43)cc21. The van der Waals surface area contributed by atoms with Gasteiger partial charge in [-0.15, -0.1) is 0 Å². The first kappa shape index (κ1) is 27.9. The second-order valence-corrected chi connectivity index (χ2v) is 13.9. The van der Waals surface area contributed by atoms with E-state index in [2.05, 4.69) is 193 Å². The summed E-state index contributed by atoms with van der Waals surface area (Å²) >= 11 is 0. The Balaban J connectivity index is 1.13. The van der Waals surface area contributed by atoms with Gasteiger partial charge in [0.05, 0.1) is 11.0 Å². The summed E-state index contributed by atoms with van der Waals surface area (Å²) in [4.78, 5) is 2.39. The molecule has 0 fully saturated rings. The highest BCUT2D eigenvalue weighted by molar-refractivity contribution is 6.13. The molecule has 8 aromatic carbocycles. The van der Waals surface area contributed by atoms with Crippen LogP contribution in [-0.4, -0.2) is 4.57 Å². The van der Waals surface area contributed by atoms with Crippen molar-refractivity contribution in [3.05, 3.63) is 181 Å². The summed E-state index contributed by atoms with van der Waals surface area (Å²) in [6.07, 6.45) is 0. The smallest absolute Gasteiger partial charge is 0.0547 e. The second-order valence-electron chi connectivity index (χ2n) is 13.9. The standard InChI is InChI=1S/C47H34N2/c1-47(2)43-29-37(48(35-16-4-3-5-17-35)36-21-20-31-12-6-7-13-32(31)26-36)22-24-39(43)40-25-23-38(30-44(40)47)49-45-19-11-10-18-41(45)42-27-33-14-8-9-15-34(33)28-46(42)49/h3-30H,1-2H3. The molecule has 0 saturated carbocycles. The van der Waals surface area contributed by atoms with Crippen molar-refractivity contribution in [2.24, 2.45) is 0 Å². The monoisotopic (exact) mass is 626 g/mol. The normalized spacial score (nSPS) is 13.3. The van der Waals surface area contributed by atoms with Gasteiger partial charge < -0.3 is 9.47 Å². The molecule has 9 aromatic rings. The highest BCUT2D eigenvalue weighted by Crippen LogP contribution is 2.51. The fourth-order valence-corrected chi connectivity index (χ4v) is 8.27. The Bertz CT molecular complexity index is 2750. The van der Waals surface area contributed by atoms with Crippen molar-refractivity contribution in [3.63, 3.8) is 0 Å². The average Bonchev–Trinajstić information content (AvgIpc) is 3.58. The number of fused-ring (bicyclic) bond motifs is 8. The van der Waals surface area contributed by atoms with E-state index in [1.54, 1.807) is 0 Å². The molecular weight excluding hydrogens is 593 g/mol. The van der Waals surface area contributed by atoms with Gasteiger partial charge in [-0.3, -0.25) is 0 Å². The van der Waals surface area contributed by atoms with Crippen molar-refractivity contribution in [1.82, 2.24) is 4.57 Å². The first-order valence-electron chi connectivity index (χ1n) is 17.1. The van der Waals surface area contributed by atoms with Gasteiger partial charge in [-0.25, -0.2) is 0 Å². The van der Waals surface area contributed by atoms with Gasteiger partial charge in [-0.1, -0.05) is 117 Å². The van der Waals surface area contributed by atoms with E-state index in [1.165, 1.54) is 71.3 Å².